The van der Waals surface area contributed by atoms with Gasteiger partial charge < -0.3 is 4.74 Å². The molecule has 0 unspecified atom stereocenters. The Kier molecular flexibility index (Phi) is 4.72. The molecule has 1 rings (SSSR count). The molecule has 0 spiro atoms. The second-order valence-electron chi connectivity index (χ2n) is 3.16. The first-order valence-corrected chi connectivity index (χ1v) is 4.96. The van der Waals surface area contributed by atoms with Gasteiger partial charge >= 0.3 is 0 Å². The summed E-state index contributed by atoms with van der Waals surface area (Å²) in [6.45, 7) is 0.352. The Morgan fingerprint density at radius 2 is 2.27 bits per heavy atom. The molecule has 0 saturated carbocycles. The van der Waals surface area contributed by atoms with E-state index in [9.17, 15) is 9.18 Å². The van der Waals surface area contributed by atoms with E-state index in [1.807, 2.05) is 0 Å². The molecular formula is C11H12ClFO2. The summed E-state index contributed by atoms with van der Waals surface area (Å²) in [4.78, 5) is 11.4. The van der Waals surface area contributed by atoms with Crippen molar-refractivity contribution in [3.63, 3.8) is 0 Å². The minimum Gasteiger partial charge on any atom is -0.384 e. The molecule has 0 heterocycles. The van der Waals surface area contributed by atoms with Crippen LogP contribution in [0.5, 0.6) is 0 Å². The lowest BCUT2D eigenvalue weighted by Crippen LogP contribution is -2.07. The van der Waals surface area contributed by atoms with Crippen LogP contribution in [-0.4, -0.2) is 19.5 Å². The van der Waals surface area contributed by atoms with Gasteiger partial charge in [0, 0.05) is 30.5 Å². The van der Waals surface area contributed by atoms with Crippen LogP contribution in [0, 0.1) is 5.82 Å². The van der Waals surface area contributed by atoms with Crippen LogP contribution in [0.4, 0.5) is 4.39 Å². The third-order valence-electron chi connectivity index (χ3n) is 2.02. The summed E-state index contributed by atoms with van der Waals surface area (Å²) in [6, 6.07) is 4.38. The summed E-state index contributed by atoms with van der Waals surface area (Å²) in [7, 11) is 1.52. The standard InChI is InChI=1S/C11H12ClFO2/c1-15-6-5-8(14)7-9-10(12)3-2-4-11(9)13/h2-4H,5-7H2,1H3. The van der Waals surface area contributed by atoms with Crippen LogP contribution in [0.25, 0.3) is 0 Å². The molecule has 0 aromatic heterocycles. The third-order valence-corrected chi connectivity index (χ3v) is 2.37. The fraction of sp³-hybridized carbons (Fsp3) is 0.364. The molecule has 0 atom stereocenters. The van der Waals surface area contributed by atoms with Crippen LogP contribution in [0.2, 0.25) is 5.02 Å². The van der Waals surface area contributed by atoms with Crippen LogP contribution < -0.4 is 0 Å². The van der Waals surface area contributed by atoms with Gasteiger partial charge in [-0.25, -0.2) is 4.39 Å². The zero-order valence-corrected chi connectivity index (χ0v) is 9.18. The number of hydrogen-bond acceptors (Lipinski definition) is 2. The van der Waals surface area contributed by atoms with Gasteiger partial charge in [-0.2, -0.15) is 0 Å². The molecule has 82 valence electrons. The van der Waals surface area contributed by atoms with Gasteiger partial charge in [0.05, 0.1) is 6.61 Å². The number of ether oxygens (including phenoxy) is 1. The molecule has 1 aromatic carbocycles. The molecule has 0 N–H and O–H groups in total. The fourth-order valence-corrected chi connectivity index (χ4v) is 1.43. The van der Waals surface area contributed by atoms with E-state index in [0.29, 0.717) is 11.6 Å². The number of carbonyl (C=O) groups excluding carboxylic acids is 1. The predicted molar refractivity (Wildman–Crippen MR) is 56.6 cm³/mol. The third kappa shape index (κ3) is 3.61. The Balaban J connectivity index is 2.68. The molecule has 0 fully saturated rings. The van der Waals surface area contributed by atoms with E-state index >= 15 is 0 Å². The van der Waals surface area contributed by atoms with Crippen molar-refractivity contribution in [3.8, 4) is 0 Å². The maximum atomic E-state index is 13.3. The lowest BCUT2D eigenvalue weighted by molar-refractivity contribution is -0.119. The largest absolute Gasteiger partial charge is 0.384 e. The van der Waals surface area contributed by atoms with Crippen molar-refractivity contribution in [1.29, 1.82) is 0 Å². The van der Waals surface area contributed by atoms with Crippen molar-refractivity contribution in [1.82, 2.24) is 0 Å². The summed E-state index contributed by atoms with van der Waals surface area (Å²) < 4.78 is 18.0. The molecule has 0 aliphatic rings. The van der Waals surface area contributed by atoms with Gasteiger partial charge in [0.15, 0.2) is 0 Å². The van der Waals surface area contributed by atoms with E-state index in [1.165, 1.54) is 19.2 Å². The van der Waals surface area contributed by atoms with Gasteiger partial charge in [0.25, 0.3) is 0 Å². The molecule has 1 aromatic rings. The predicted octanol–water partition coefficient (Wildman–Crippen LogP) is 2.63. The second kappa shape index (κ2) is 5.83. The van der Waals surface area contributed by atoms with E-state index in [0.717, 1.165) is 0 Å². The Bertz CT molecular complexity index is 332. The average Bonchev–Trinajstić information content (AvgIpc) is 2.21. The van der Waals surface area contributed by atoms with Gasteiger partial charge in [-0.3, -0.25) is 4.79 Å². The first-order valence-electron chi connectivity index (χ1n) is 4.58. The Hall–Kier alpha value is -0.930. The summed E-state index contributed by atoms with van der Waals surface area (Å²) >= 11 is 5.78. The molecule has 4 heteroatoms. The van der Waals surface area contributed by atoms with E-state index in [1.54, 1.807) is 6.07 Å². The number of hydrogen-bond donors (Lipinski definition) is 0. The summed E-state index contributed by atoms with van der Waals surface area (Å²) in [5, 5.41) is 0.292. The second-order valence-corrected chi connectivity index (χ2v) is 3.57. The highest BCUT2D eigenvalue weighted by Crippen LogP contribution is 2.19. The SMILES string of the molecule is COCCC(=O)Cc1c(F)cccc1Cl. The number of benzene rings is 1. The number of Topliss-reactive ketones (excluding diaryl/α,β-unsaturated/α-hetero) is 1. The molecule has 0 bridgehead atoms. The van der Waals surface area contributed by atoms with E-state index < -0.39 is 5.82 Å². The molecule has 0 radical (unpaired) electrons. The summed E-state index contributed by atoms with van der Waals surface area (Å²) in [6.07, 6.45) is 0.302. The number of methoxy groups -OCH3 is 1. The summed E-state index contributed by atoms with van der Waals surface area (Å²) in [5.74, 6) is -0.517. The van der Waals surface area contributed by atoms with Crippen LogP contribution >= 0.6 is 11.6 Å². The molecular weight excluding hydrogens is 219 g/mol. The highest BCUT2D eigenvalue weighted by molar-refractivity contribution is 6.31. The van der Waals surface area contributed by atoms with Gasteiger partial charge in [-0.1, -0.05) is 17.7 Å². The molecule has 2 nitrogen and oxygen atoms in total. The quantitative estimate of drug-likeness (QED) is 0.777. The first kappa shape index (κ1) is 12.1. The molecule has 0 saturated heterocycles. The van der Waals surface area contributed by atoms with Crippen LogP contribution in [0.3, 0.4) is 0 Å². The number of halogens is 2. The zero-order valence-electron chi connectivity index (χ0n) is 8.43. The van der Waals surface area contributed by atoms with E-state index in [2.05, 4.69) is 0 Å². The van der Waals surface area contributed by atoms with Crippen LogP contribution in [-0.2, 0) is 16.0 Å². The van der Waals surface area contributed by atoms with Gasteiger partial charge in [-0.15, -0.1) is 0 Å². The van der Waals surface area contributed by atoms with Crippen LogP contribution in [0.15, 0.2) is 18.2 Å². The maximum Gasteiger partial charge on any atom is 0.139 e. The fourth-order valence-electron chi connectivity index (χ4n) is 1.20. The number of ketones is 1. The van der Waals surface area contributed by atoms with Crippen molar-refractivity contribution >= 4 is 17.4 Å². The van der Waals surface area contributed by atoms with E-state index in [4.69, 9.17) is 16.3 Å². The highest BCUT2D eigenvalue weighted by atomic mass is 35.5. The van der Waals surface area contributed by atoms with Crippen molar-refractivity contribution in [2.75, 3.05) is 13.7 Å². The topological polar surface area (TPSA) is 26.3 Å². The maximum absolute atomic E-state index is 13.3. The van der Waals surface area contributed by atoms with Crippen molar-refractivity contribution < 1.29 is 13.9 Å². The molecule has 0 aliphatic carbocycles. The minimum absolute atomic E-state index is 0.0227. The highest BCUT2D eigenvalue weighted by Gasteiger charge is 2.11. The van der Waals surface area contributed by atoms with Gasteiger partial charge in [0.2, 0.25) is 0 Å². The lowest BCUT2D eigenvalue weighted by Gasteiger charge is -2.04. The van der Waals surface area contributed by atoms with Crippen LogP contribution in [0.1, 0.15) is 12.0 Å². The van der Waals surface area contributed by atoms with Crippen molar-refractivity contribution in [3.05, 3.63) is 34.6 Å². The molecule has 0 amide bonds. The number of rotatable bonds is 5. The Morgan fingerprint density at radius 3 is 2.87 bits per heavy atom. The molecule has 15 heavy (non-hydrogen) atoms. The average molecular weight is 231 g/mol. The molecule has 0 aliphatic heterocycles. The van der Waals surface area contributed by atoms with Crippen molar-refractivity contribution in [2.24, 2.45) is 0 Å². The van der Waals surface area contributed by atoms with E-state index in [-0.39, 0.29) is 24.2 Å². The number of carbonyl (C=O) groups is 1. The normalized spacial score (nSPS) is 10.3. The Labute approximate surface area is 93.0 Å². The summed E-state index contributed by atoms with van der Waals surface area (Å²) in [5.41, 5.74) is 0.264. The first-order chi connectivity index (χ1) is 7.15. The van der Waals surface area contributed by atoms with Gasteiger partial charge in [-0.05, 0) is 12.1 Å². The minimum atomic E-state index is -0.437. The monoisotopic (exact) mass is 230 g/mol. The Morgan fingerprint density at radius 1 is 1.53 bits per heavy atom. The van der Waals surface area contributed by atoms with Gasteiger partial charge in [0.1, 0.15) is 11.6 Å². The lowest BCUT2D eigenvalue weighted by atomic mass is 10.1. The van der Waals surface area contributed by atoms with Crippen molar-refractivity contribution in [2.45, 2.75) is 12.8 Å². The smallest absolute Gasteiger partial charge is 0.139 e. The zero-order chi connectivity index (χ0) is 11.3.